The Morgan fingerprint density at radius 2 is 2.07 bits per heavy atom. The second kappa shape index (κ2) is 7.54. The molecule has 82 valence electrons. The van der Waals surface area contributed by atoms with Gasteiger partial charge in [0.2, 0.25) is 0 Å². The van der Waals surface area contributed by atoms with E-state index in [0.717, 1.165) is 25.7 Å². The molecule has 2 atom stereocenters. The van der Waals surface area contributed by atoms with Crippen molar-refractivity contribution in [1.29, 1.82) is 0 Å². The zero-order valence-electron chi connectivity index (χ0n) is 9.03. The lowest BCUT2D eigenvalue weighted by atomic mass is 9.89. The van der Waals surface area contributed by atoms with Crippen molar-refractivity contribution in [3.63, 3.8) is 0 Å². The Hall–Kier alpha value is -0.860. The number of carbonyl (C=O) groups excluding carboxylic acids is 1. The van der Waals surface area contributed by atoms with Gasteiger partial charge in [0.05, 0.1) is 0 Å². The third kappa shape index (κ3) is 5.00. The highest BCUT2D eigenvalue weighted by molar-refractivity contribution is 5.86. The Morgan fingerprint density at radius 1 is 1.43 bits per heavy atom. The number of carboxylic acids is 1. The molecule has 0 aromatic heterocycles. The minimum Gasteiger partial charge on any atom is -0.481 e. The maximum atomic E-state index is 10.6. The van der Waals surface area contributed by atoms with Crippen LogP contribution < -0.4 is 0 Å². The predicted octanol–water partition coefficient (Wildman–Crippen LogP) is 2.49. The van der Waals surface area contributed by atoms with E-state index in [4.69, 9.17) is 5.11 Å². The second-order valence-corrected chi connectivity index (χ2v) is 3.73. The molecule has 0 saturated heterocycles. The Labute approximate surface area is 85.5 Å². The van der Waals surface area contributed by atoms with E-state index in [1.165, 1.54) is 0 Å². The number of carbonyl (C=O) groups is 2. The lowest BCUT2D eigenvalue weighted by Gasteiger charge is -2.15. The molecule has 0 saturated carbocycles. The predicted molar refractivity (Wildman–Crippen MR) is 55.1 cm³/mol. The van der Waals surface area contributed by atoms with E-state index in [-0.39, 0.29) is 0 Å². The van der Waals surface area contributed by atoms with Gasteiger partial charge >= 0.3 is 5.97 Å². The van der Waals surface area contributed by atoms with Crippen molar-refractivity contribution in [3.05, 3.63) is 0 Å². The van der Waals surface area contributed by atoms with Crippen molar-refractivity contribution in [1.82, 2.24) is 0 Å². The SMILES string of the molecule is CCCCC(CC)CC(C=O)C(=O)O. The fraction of sp³-hybridized carbons (Fsp3) is 0.818. The molecule has 14 heavy (non-hydrogen) atoms. The minimum absolute atomic E-state index is 0.376. The molecule has 3 nitrogen and oxygen atoms in total. The first-order chi connectivity index (χ1) is 6.65. The molecule has 1 N–H and O–H groups in total. The van der Waals surface area contributed by atoms with Crippen LogP contribution in [0.3, 0.4) is 0 Å². The topological polar surface area (TPSA) is 54.4 Å². The quantitative estimate of drug-likeness (QED) is 0.483. The van der Waals surface area contributed by atoms with Gasteiger partial charge < -0.3 is 9.90 Å². The van der Waals surface area contributed by atoms with Crippen LogP contribution in [0.1, 0.15) is 46.0 Å². The Morgan fingerprint density at radius 3 is 2.43 bits per heavy atom. The zero-order chi connectivity index (χ0) is 11.0. The van der Waals surface area contributed by atoms with E-state index < -0.39 is 11.9 Å². The first-order valence-corrected chi connectivity index (χ1v) is 5.33. The molecule has 0 aromatic carbocycles. The molecular formula is C11H20O3. The molecule has 0 amide bonds. The maximum Gasteiger partial charge on any atom is 0.313 e. The van der Waals surface area contributed by atoms with Crippen molar-refractivity contribution >= 4 is 12.3 Å². The molecule has 0 rings (SSSR count). The van der Waals surface area contributed by atoms with Crippen molar-refractivity contribution in [3.8, 4) is 0 Å². The molecule has 0 aliphatic rings. The molecule has 3 heteroatoms. The summed E-state index contributed by atoms with van der Waals surface area (Å²) in [6, 6.07) is 0. The van der Waals surface area contributed by atoms with Gasteiger partial charge in [0.25, 0.3) is 0 Å². The van der Waals surface area contributed by atoms with Gasteiger partial charge in [0, 0.05) is 0 Å². The number of unbranched alkanes of at least 4 members (excludes halogenated alkanes) is 1. The molecule has 0 fully saturated rings. The summed E-state index contributed by atoms with van der Waals surface area (Å²) in [4.78, 5) is 21.1. The molecule has 0 aromatic rings. The van der Waals surface area contributed by atoms with Gasteiger partial charge in [-0.1, -0.05) is 39.5 Å². The second-order valence-electron chi connectivity index (χ2n) is 3.73. The van der Waals surface area contributed by atoms with E-state index in [9.17, 15) is 9.59 Å². The Kier molecular flexibility index (Phi) is 7.07. The van der Waals surface area contributed by atoms with Crippen LogP contribution in [-0.2, 0) is 9.59 Å². The van der Waals surface area contributed by atoms with Gasteiger partial charge in [-0.15, -0.1) is 0 Å². The maximum absolute atomic E-state index is 10.6. The number of hydrogen-bond acceptors (Lipinski definition) is 2. The van der Waals surface area contributed by atoms with Crippen LogP contribution in [0.5, 0.6) is 0 Å². The fourth-order valence-corrected chi connectivity index (χ4v) is 1.56. The normalized spacial score (nSPS) is 14.7. The summed E-state index contributed by atoms with van der Waals surface area (Å²) in [7, 11) is 0. The van der Waals surface area contributed by atoms with Crippen LogP contribution >= 0.6 is 0 Å². The lowest BCUT2D eigenvalue weighted by Crippen LogP contribution is -2.19. The molecule has 2 unspecified atom stereocenters. The van der Waals surface area contributed by atoms with Crippen LogP contribution in [0, 0.1) is 11.8 Å². The number of rotatable bonds is 8. The fourth-order valence-electron chi connectivity index (χ4n) is 1.56. The summed E-state index contributed by atoms with van der Waals surface area (Å²) in [5.41, 5.74) is 0. The average Bonchev–Trinajstić information content (AvgIpc) is 2.18. The van der Waals surface area contributed by atoms with Gasteiger partial charge in [-0.2, -0.15) is 0 Å². The third-order valence-corrected chi connectivity index (χ3v) is 2.61. The standard InChI is InChI=1S/C11H20O3/c1-3-5-6-9(4-2)7-10(8-12)11(13)14/h8-10H,3-7H2,1-2H3,(H,13,14). The highest BCUT2D eigenvalue weighted by atomic mass is 16.4. The van der Waals surface area contributed by atoms with Crippen LogP contribution in [-0.4, -0.2) is 17.4 Å². The van der Waals surface area contributed by atoms with E-state index in [2.05, 4.69) is 6.92 Å². The first kappa shape index (κ1) is 13.1. The van der Waals surface area contributed by atoms with E-state index >= 15 is 0 Å². The van der Waals surface area contributed by atoms with Crippen molar-refractivity contribution in [2.75, 3.05) is 0 Å². The lowest BCUT2D eigenvalue weighted by molar-refractivity contribution is -0.144. The third-order valence-electron chi connectivity index (χ3n) is 2.61. The van der Waals surface area contributed by atoms with E-state index in [1.807, 2.05) is 6.92 Å². The Bertz CT molecular complexity index is 177. The largest absolute Gasteiger partial charge is 0.481 e. The molecule has 0 bridgehead atoms. The zero-order valence-corrected chi connectivity index (χ0v) is 9.03. The monoisotopic (exact) mass is 200 g/mol. The smallest absolute Gasteiger partial charge is 0.313 e. The van der Waals surface area contributed by atoms with Gasteiger partial charge in [-0.3, -0.25) is 4.79 Å². The highest BCUT2D eigenvalue weighted by Gasteiger charge is 2.20. The van der Waals surface area contributed by atoms with Gasteiger partial charge in [0.15, 0.2) is 0 Å². The minimum atomic E-state index is -0.991. The number of aldehydes is 1. The summed E-state index contributed by atoms with van der Waals surface area (Å²) in [5.74, 6) is -1.42. The van der Waals surface area contributed by atoms with Gasteiger partial charge in [-0.05, 0) is 12.3 Å². The molecule has 0 aliphatic carbocycles. The molecule has 0 heterocycles. The summed E-state index contributed by atoms with van der Waals surface area (Å²) in [6.07, 6.45) is 5.27. The van der Waals surface area contributed by atoms with Gasteiger partial charge in [0.1, 0.15) is 12.2 Å². The number of aliphatic carboxylic acids is 1. The highest BCUT2D eigenvalue weighted by Crippen LogP contribution is 2.20. The average molecular weight is 200 g/mol. The Balaban J connectivity index is 4.00. The summed E-state index contributed by atoms with van der Waals surface area (Å²) >= 11 is 0. The first-order valence-electron chi connectivity index (χ1n) is 5.33. The van der Waals surface area contributed by atoms with Crippen molar-refractivity contribution in [2.24, 2.45) is 11.8 Å². The van der Waals surface area contributed by atoms with Crippen molar-refractivity contribution < 1.29 is 14.7 Å². The summed E-state index contributed by atoms with van der Waals surface area (Å²) < 4.78 is 0. The summed E-state index contributed by atoms with van der Waals surface area (Å²) in [5, 5.41) is 8.71. The van der Waals surface area contributed by atoms with E-state index in [1.54, 1.807) is 0 Å². The number of hydrogen-bond donors (Lipinski definition) is 1. The molecular weight excluding hydrogens is 180 g/mol. The molecule has 0 radical (unpaired) electrons. The van der Waals surface area contributed by atoms with Crippen LogP contribution in [0.25, 0.3) is 0 Å². The molecule has 0 spiro atoms. The van der Waals surface area contributed by atoms with Crippen LogP contribution in [0.2, 0.25) is 0 Å². The molecule has 0 aliphatic heterocycles. The van der Waals surface area contributed by atoms with E-state index in [0.29, 0.717) is 18.6 Å². The van der Waals surface area contributed by atoms with Crippen molar-refractivity contribution in [2.45, 2.75) is 46.0 Å². The summed E-state index contributed by atoms with van der Waals surface area (Å²) in [6.45, 7) is 4.16. The van der Waals surface area contributed by atoms with Gasteiger partial charge in [-0.25, -0.2) is 0 Å². The van der Waals surface area contributed by atoms with Crippen LogP contribution in [0.15, 0.2) is 0 Å². The van der Waals surface area contributed by atoms with Crippen LogP contribution in [0.4, 0.5) is 0 Å². The number of carboxylic acid groups (broad SMARTS) is 1.